The fraction of sp³-hybridized carbons (Fsp3) is 0.304. The van der Waals surface area contributed by atoms with Gasteiger partial charge in [0.05, 0.1) is 19.7 Å². The number of carbonyl (C=O) groups excluding carboxylic acids is 2. The summed E-state index contributed by atoms with van der Waals surface area (Å²) < 4.78 is 5.55. The molecule has 0 amide bonds. The van der Waals surface area contributed by atoms with E-state index < -0.39 is 5.97 Å². The van der Waals surface area contributed by atoms with Crippen LogP contribution in [0, 0.1) is 0 Å². The average Bonchev–Trinajstić information content (AvgIpc) is 2.68. The summed E-state index contributed by atoms with van der Waals surface area (Å²) in [5.74, 6) is -0.276. The number of Topliss-reactive ketones (excluding diaryl/α,β-unsaturated/α-hetero) is 1. The number of hydrogen-bond acceptors (Lipinski definition) is 3. The van der Waals surface area contributed by atoms with Crippen LogP contribution >= 0.6 is 0 Å². The number of quaternary nitrogens is 1. The molecule has 1 unspecified atom stereocenters. The lowest BCUT2D eigenvalue weighted by Gasteiger charge is -2.37. The number of ether oxygens (including phenoxy) is 1. The van der Waals surface area contributed by atoms with E-state index in [0.717, 1.165) is 16.8 Å². The zero-order chi connectivity index (χ0) is 19.9. The topological polar surface area (TPSA) is 43.4 Å². The Morgan fingerprint density at radius 1 is 1.07 bits per heavy atom. The van der Waals surface area contributed by atoms with Crippen LogP contribution in [0.1, 0.15) is 29.8 Å². The Bertz CT molecular complexity index is 787. The highest BCUT2D eigenvalue weighted by atomic mass is 79.9. The third kappa shape index (κ3) is 6.14. The molecule has 0 bridgehead atoms. The van der Waals surface area contributed by atoms with Crippen molar-refractivity contribution in [2.45, 2.75) is 26.3 Å². The number of rotatable bonds is 9. The normalized spacial score (nSPS) is 12.6. The van der Waals surface area contributed by atoms with E-state index in [1.165, 1.54) is 6.08 Å². The molecule has 0 spiro atoms. The molecule has 0 aliphatic carbocycles. The molecule has 2 aromatic carbocycles. The van der Waals surface area contributed by atoms with Crippen LogP contribution in [-0.4, -0.2) is 38.0 Å². The van der Waals surface area contributed by atoms with Crippen LogP contribution in [0.2, 0.25) is 0 Å². The summed E-state index contributed by atoms with van der Waals surface area (Å²) in [7, 11) is 2.09. The molecule has 0 saturated carbocycles. The first-order valence-electron chi connectivity index (χ1n) is 9.19. The van der Waals surface area contributed by atoms with E-state index in [0.29, 0.717) is 24.1 Å². The van der Waals surface area contributed by atoms with Crippen molar-refractivity contribution in [3.63, 3.8) is 0 Å². The Morgan fingerprint density at radius 2 is 1.68 bits per heavy atom. The molecular weight excluding hydrogens is 418 g/mol. The van der Waals surface area contributed by atoms with Crippen LogP contribution in [-0.2, 0) is 16.0 Å². The maximum absolute atomic E-state index is 12.8. The van der Waals surface area contributed by atoms with Crippen molar-refractivity contribution in [2.75, 3.05) is 20.2 Å². The minimum Gasteiger partial charge on any atom is -1.00 e. The summed E-state index contributed by atoms with van der Waals surface area (Å²) in [6.45, 7) is 8.36. The van der Waals surface area contributed by atoms with Crippen molar-refractivity contribution in [3.8, 4) is 0 Å². The molecule has 0 saturated heterocycles. The van der Waals surface area contributed by atoms with Gasteiger partial charge in [0.1, 0.15) is 12.2 Å². The van der Waals surface area contributed by atoms with Crippen molar-refractivity contribution in [1.29, 1.82) is 0 Å². The molecule has 1 atom stereocenters. The van der Waals surface area contributed by atoms with Crippen LogP contribution in [0.3, 0.4) is 0 Å². The fourth-order valence-electron chi connectivity index (χ4n) is 2.92. The predicted octanol–water partition coefficient (Wildman–Crippen LogP) is 1.19. The van der Waals surface area contributed by atoms with Crippen molar-refractivity contribution in [1.82, 2.24) is 4.48 Å². The number of hydrogen-bond donors (Lipinski definition) is 0. The largest absolute Gasteiger partial charge is 1.00 e. The summed E-state index contributed by atoms with van der Waals surface area (Å²) in [6, 6.07) is 17.8. The quantitative estimate of drug-likeness (QED) is 0.252. The molecule has 0 fully saturated rings. The second kappa shape index (κ2) is 10.9. The highest BCUT2D eigenvalue weighted by Gasteiger charge is 2.32. The predicted molar refractivity (Wildman–Crippen MR) is 110 cm³/mol. The van der Waals surface area contributed by atoms with E-state index >= 15 is 0 Å². The molecule has 4 nitrogen and oxygen atoms in total. The monoisotopic (exact) mass is 445 g/mol. The number of esters is 1. The van der Waals surface area contributed by atoms with Gasteiger partial charge in [0, 0.05) is 18.1 Å². The minimum atomic E-state index is -0.407. The molecule has 0 radical (unpaired) electrons. The zero-order valence-electron chi connectivity index (χ0n) is 16.7. The Hall–Kier alpha value is -2.24. The summed E-state index contributed by atoms with van der Waals surface area (Å²) in [4.78, 5) is 23.9. The van der Waals surface area contributed by atoms with Gasteiger partial charge in [-0.1, -0.05) is 49.0 Å². The van der Waals surface area contributed by atoms with Crippen LogP contribution in [0.15, 0.2) is 67.3 Å². The third-order valence-electron chi connectivity index (χ3n) is 5.04. The molecule has 0 heterocycles. The Kier molecular flexibility index (Phi) is 9.29. The molecule has 0 aromatic heterocycles. The molecule has 150 valence electrons. The molecule has 0 aliphatic heterocycles. The van der Waals surface area contributed by atoms with Gasteiger partial charge in [-0.05, 0) is 31.5 Å². The first-order chi connectivity index (χ1) is 12.9. The lowest BCUT2D eigenvalue weighted by Crippen LogP contribution is -3.00. The van der Waals surface area contributed by atoms with Gasteiger partial charge in [-0.2, -0.15) is 0 Å². The van der Waals surface area contributed by atoms with Crippen LogP contribution in [0.25, 0.3) is 0 Å². The molecule has 2 rings (SSSR count). The zero-order valence-corrected chi connectivity index (χ0v) is 18.3. The number of ketones is 1. The second-order valence-corrected chi connectivity index (χ2v) is 7.10. The van der Waals surface area contributed by atoms with Crippen LogP contribution in [0.5, 0.6) is 0 Å². The summed E-state index contributed by atoms with van der Waals surface area (Å²) in [5.41, 5.74) is 2.91. The van der Waals surface area contributed by atoms with Gasteiger partial charge >= 0.3 is 5.97 Å². The summed E-state index contributed by atoms with van der Waals surface area (Å²) in [6.07, 6.45) is 1.81. The number of nitrogens with zero attached hydrogens (tertiary/aromatic N) is 1. The molecule has 0 N–H and O–H groups in total. The molecule has 0 aliphatic rings. The van der Waals surface area contributed by atoms with Gasteiger partial charge in [0.25, 0.3) is 0 Å². The molecule has 28 heavy (non-hydrogen) atoms. The summed E-state index contributed by atoms with van der Waals surface area (Å²) >= 11 is 0. The first kappa shape index (κ1) is 23.8. The Labute approximate surface area is 178 Å². The van der Waals surface area contributed by atoms with Crippen molar-refractivity contribution < 1.29 is 31.3 Å². The van der Waals surface area contributed by atoms with E-state index in [2.05, 4.69) is 39.6 Å². The van der Waals surface area contributed by atoms with E-state index in [1.54, 1.807) is 0 Å². The maximum Gasteiger partial charge on any atom is 0.330 e. The van der Waals surface area contributed by atoms with Gasteiger partial charge in [-0.3, -0.25) is 9.28 Å². The van der Waals surface area contributed by atoms with Crippen LogP contribution in [0.4, 0.5) is 5.69 Å². The number of carbonyl (C=O) groups is 2. The van der Waals surface area contributed by atoms with Gasteiger partial charge in [-0.15, -0.1) is 0 Å². The lowest BCUT2D eigenvalue weighted by atomic mass is 10.1. The highest BCUT2D eigenvalue weighted by molar-refractivity contribution is 5.98. The Balaban J connectivity index is 0.00000392. The van der Waals surface area contributed by atoms with Gasteiger partial charge in [-0.25, -0.2) is 4.79 Å². The van der Waals surface area contributed by atoms with Crippen molar-refractivity contribution in [2.24, 2.45) is 0 Å². The van der Waals surface area contributed by atoms with Gasteiger partial charge in [0.15, 0.2) is 0 Å². The van der Waals surface area contributed by atoms with Crippen LogP contribution < -0.4 is 21.5 Å². The van der Waals surface area contributed by atoms with Crippen molar-refractivity contribution in [3.05, 3.63) is 78.4 Å². The SMILES string of the molecule is C=CC(=O)OCCc1ccc([N+](C)(CC(=O)c2ccccc2)C(C)C)cc1.[Br-]. The van der Waals surface area contributed by atoms with E-state index in [1.807, 2.05) is 42.5 Å². The molecule has 2 aromatic rings. The third-order valence-corrected chi connectivity index (χ3v) is 5.04. The number of halogens is 1. The molecular formula is C23H28BrNO3. The first-order valence-corrected chi connectivity index (χ1v) is 9.19. The van der Waals surface area contributed by atoms with E-state index in [4.69, 9.17) is 4.74 Å². The van der Waals surface area contributed by atoms with E-state index in [-0.39, 0.29) is 28.8 Å². The fourth-order valence-corrected chi connectivity index (χ4v) is 2.92. The summed E-state index contributed by atoms with van der Waals surface area (Å²) in [5, 5.41) is 0. The smallest absolute Gasteiger partial charge is 0.330 e. The number of benzene rings is 2. The average molecular weight is 446 g/mol. The molecule has 5 heteroatoms. The minimum absolute atomic E-state index is 0. The lowest BCUT2D eigenvalue weighted by molar-refractivity contribution is -0.137. The van der Waals surface area contributed by atoms with Crippen molar-refractivity contribution >= 4 is 17.4 Å². The van der Waals surface area contributed by atoms with E-state index in [9.17, 15) is 9.59 Å². The highest BCUT2D eigenvalue weighted by Crippen LogP contribution is 2.26. The number of likely N-dealkylation sites (N-methyl/N-ethyl adjacent to an activating group) is 1. The second-order valence-electron chi connectivity index (χ2n) is 7.10. The maximum atomic E-state index is 12.8. The standard InChI is InChI=1S/C23H28NO3.BrH/c1-5-23(26)27-16-15-19-11-13-21(14-12-19)24(4,18(2)3)17-22(25)20-9-7-6-8-10-20;/h5-14,18H,1,15-17H2,2-4H3;1H/q+1;/p-1. The van der Waals surface area contributed by atoms with Gasteiger partial charge in [0.2, 0.25) is 5.78 Å². The Morgan fingerprint density at radius 3 is 2.21 bits per heavy atom. The van der Waals surface area contributed by atoms with Gasteiger partial charge < -0.3 is 21.7 Å².